The molecule has 1 aromatic rings. The molecule has 0 spiro atoms. The maximum absolute atomic E-state index is 12.8. The summed E-state index contributed by atoms with van der Waals surface area (Å²) in [5.41, 5.74) is 1.85. The predicted octanol–water partition coefficient (Wildman–Crippen LogP) is 3.73. The molecule has 0 aliphatic carbocycles. The zero-order valence-electron chi connectivity index (χ0n) is 18.0. The number of piperidine rings is 2. The Hall–Kier alpha value is -2.48. The van der Waals surface area contributed by atoms with Crippen LogP contribution in [0, 0.1) is 0 Å². The monoisotopic (exact) mass is 443 g/mol. The van der Waals surface area contributed by atoms with Crippen LogP contribution in [-0.4, -0.2) is 66.7 Å². The lowest BCUT2D eigenvalue weighted by atomic mass is 10.1. The van der Waals surface area contributed by atoms with Gasteiger partial charge in [-0.05, 0) is 68.5 Å². The van der Waals surface area contributed by atoms with Crippen molar-refractivity contribution in [3.63, 3.8) is 0 Å². The van der Waals surface area contributed by atoms with Crippen LogP contribution in [0.4, 0.5) is 10.5 Å². The molecular weight excluding hydrogens is 414 g/mol. The van der Waals surface area contributed by atoms with Crippen LogP contribution in [0.15, 0.2) is 23.1 Å². The van der Waals surface area contributed by atoms with E-state index in [1.54, 1.807) is 18.1 Å². The Bertz CT molecular complexity index is 889. The number of benzene rings is 1. The van der Waals surface area contributed by atoms with Gasteiger partial charge in [0.15, 0.2) is 0 Å². The summed E-state index contributed by atoms with van der Waals surface area (Å²) in [5, 5.41) is -0.398. The minimum atomic E-state index is -0.414. The number of hydrogen-bond donors (Lipinski definition) is 0. The molecule has 0 N–H and O–H groups in total. The minimum absolute atomic E-state index is 0.160. The van der Waals surface area contributed by atoms with Gasteiger partial charge in [0.1, 0.15) is 12.3 Å². The Morgan fingerprint density at radius 3 is 2.39 bits per heavy atom. The van der Waals surface area contributed by atoms with Crippen molar-refractivity contribution in [1.82, 2.24) is 9.80 Å². The third kappa shape index (κ3) is 4.89. The zero-order valence-corrected chi connectivity index (χ0v) is 18.8. The van der Waals surface area contributed by atoms with Gasteiger partial charge in [-0.2, -0.15) is 0 Å². The maximum Gasteiger partial charge on any atom is 0.294 e. The van der Waals surface area contributed by atoms with Crippen molar-refractivity contribution in [2.75, 3.05) is 44.7 Å². The number of amides is 3. The molecule has 0 aromatic heterocycles. The molecule has 3 amide bonds. The fourth-order valence-electron chi connectivity index (χ4n) is 4.32. The summed E-state index contributed by atoms with van der Waals surface area (Å²) in [6.45, 7) is 3.28. The topological polar surface area (TPSA) is 70.2 Å². The molecule has 31 heavy (non-hydrogen) atoms. The second-order valence-electron chi connectivity index (χ2n) is 8.18. The van der Waals surface area contributed by atoms with Crippen LogP contribution in [0.1, 0.15) is 44.1 Å². The van der Waals surface area contributed by atoms with Gasteiger partial charge in [-0.3, -0.25) is 19.3 Å². The van der Waals surface area contributed by atoms with Gasteiger partial charge in [0.05, 0.1) is 12.0 Å². The molecule has 0 atom stereocenters. The summed E-state index contributed by atoms with van der Waals surface area (Å²) in [6.07, 6.45) is 8.39. The van der Waals surface area contributed by atoms with E-state index in [2.05, 4.69) is 4.90 Å². The summed E-state index contributed by atoms with van der Waals surface area (Å²) in [5.74, 6) is 0.0912. The summed E-state index contributed by atoms with van der Waals surface area (Å²) < 4.78 is 5.57. The molecule has 7 nitrogen and oxygen atoms in total. The first-order valence-corrected chi connectivity index (χ1v) is 11.8. The number of ether oxygens (including phenoxy) is 1. The molecule has 3 aliphatic heterocycles. The van der Waals surface area contributed by atoms with Crippen molar-refractivity contribution in [1.29, 1.82) is 0 Å². The van der Waals surface area contributed by atoms with Crippen LogP contribution in [0.25, 0.3) is 6.08 Å². The van der Waals surface area contributed by atoms with Gasteiger partial charge >= 0.3 is 0 Å². The smallest absolute Gasteiger partial charge is 0.294 e. The molecule has 166 valence electrons. The van der Waals surface area contributed by atoms with E-state index in [1.807, 2.05) is 18.2 Å². The Morgan fingerprint density at radius 2 is 1.71 bits per heavy atom. The van der Waals surface area contributed by atoms with E-state index < -0.39 is 11.1 Å². The lowest BCUT2D eigenvalue weighted by molar-refractivity contribution is -0.136. The first-order chi connectivity index (χ1) is 15.1. The maximum atomic E-state index is 12.8. The van der Waals surface area contributed by atoms with Crippen molar-refractivity contribution >= 4 is 40.6 Å². The molecule has 3 heterocycles. The fraction of sp³-hybridized carbons (Fsp3) is 0.522. The first kappa shape index (κ1) is 21.7. The van der Waals surface area contributed by atoms with E-state index in [4.69, 9.17) is 4.74 Å². The number of nitrogens with zero attached hydrogens (tertiary/aromatic N) is 3. The molecule has 3 fully saturated rings. The highest BCUT2D eigenvalue weighted by Crippen LogP contribution is 2.35. The van der Waals surface area contributed by atoms with Crippen molar-refractivity contribution in [2.24, 2.45) is 0 Å². The fourth-order valence-corrected chi connectivity index (χ4v) is 5.15. The molecular formula is C23H29N3O4S. The third-order valence-electron chi connectivity index (χ3n) is 6.10. The van der Waals surface area contributed by atoms with Crippen LogP contribution in [0.2, 0.25) is 0 Å². The summed E-state index contributed by atoms with van der Waals surface area (Å²) >= 11 is 0.879. The van der Waals surface area contributed by atoms with E-state index in [-0.39, 0.29) is 12.5 Å². The highest BCUT2D eigenvalue weighted by molar-refractivity contribution is 8.18. The summed E-state index contributed by atoms with van der Waals surface area (Å²) in [4.78, 5) is 43.3. The molecule has 0 saturated carbocycles. The van der Waals surface area contributed by atoms with Gasteiger partial charge in [-0.25, -0.2) is 0 Å². The van der Waals surface area contributed by atoms with Crippen molar-refractivity contribution in [2.45, 2.75) is 38.5 Å². The Labute approximate surface area is 187 Å². The van der Waals surface area contributed by atoms with Crippen LogP contribution < -0.4 is 9.64 Å². The number of anilines is 1. The number of rotatable bonds is 5. The van der Waals surface area contributed by atoms with E-state index >= 15 is 0 Å². The SMILES string of the molecule is COc1cc(N2CCCCC2)ccc1/C=C1\SC(=O)N(CC(=O)N2CCCCC2)C1=O. The molecule has 0 unspecified atom stereocenters. The second-order valence-corrected chi connectivity index (χ2v) is 9.18. The van der Waals surface area contributed by atoms with Gasteiger partial charge in [0.2, 0.25) is 5.91 Å². The summed E-state index contributed by atoms with van der Waals surface area (Å²) in [7, 11) is 1.61. The Kier molecular flexibility index (Phi) is 6.85. The van der Waals surface area contributed by atoms with Gasteiger partial charge < -0.3 is 14.5 Å². The number of methoxy groups -OCH3 is 1. The van der Waals surface area contributed by atoms with Crippen molar-refractivity contribution < 1.29 is 19.1 Å². The summed E-state index contributed by atoms with van der Waals surface area (Å²) in [6, 6.07) is 5.95. The van der Waals surface area contributed by atoms with Crippen LogP contribution >= 0.6 is 11.8 Å². The predicted molar refractivity (Wildman–Crippen MR) is 122 cm³/mol. The van der Waals surface area contributed by atoms with E-state index in [9.17, 15) is 14.4 Å². The van der Waals surface area contributed by atoms with Crippen LogP contribution in [0.5, 0.6) is 5.75 Å². The van der Waals surface area contributed by atoms with Crippen molar-refractivity contribution in [3.05, 3.63) is 28.7 Å². The zero-order chi connectivity index (χ0) is 21.8. The molecule has 3 saturated heterocycles. The number of thioether (sulfide) groups is 1. The average Bonchev–Trinajstić information content (AvgIpc) is 3.07. The van der Waals surface area contributed by atoms with E-state index in [0.29, 0.717) is 23.7 Å². The average molecular weight is 444 g/mol. The van der Waals surface area contributed by atoms with Gasteiger partial charge in [0, 0.05) is 43.5 Å². The Morgan fingerprint density at radius 1 is 1.03 bits per heavy atom. The van der Waals surface area contributed by atoms with Crippen LogP contribution in [0.3, 0.4) is 0 Å². The quantitative estimate of drug-likeness (QED) is 0.646. The first-order valence-electron chi connectivity index (χ1n) is 11.0. The van der Waals surface area contributed by atoms with Gasteiger partial charge in [-0.15, -0.1) is 0 Å². The third-order valence-corrected chi connectivity index (χ3v) is 7.01. The molecule has 0 radical (unpaired) electrons. The highest BCUT2D eigenvalue weighted by Gasteiger charge is 2.37. The van der Waals surface area contributed by atoms with Gasteiger partial charge in [0.25, 0.3) is 11.1 Å². The molecule has 3 aliphatic rings. The molecule has 1 aromatic carbocycles. The number of carbonyl (C=O) groups excluding carboxylic acids is 3. The van der Waals surface area contributed by atoms with Crippen molar-refractivity contribution in [3.8, 4) is 5.75 Å². The lowest BCUT2D eigenvalue weighted by Crippen LogP contribution is -2.44. The van der Waals surface area contributed by atoms with Gasteiger partial charge in [-0.1, -0.05) is 0 Å². The normalized spacial score (nSPS) is 21.2. The number of hydrogen-bond acceptors (Lipinski definition) is 6. The van der Waals surface area contributed by atoms with E-state index in [0.717, 1.165) is 60.3 Å². The molecule has 8 heteroatoms. The molecule has 0 bridgehead atoms. The Balaban J connectivity index is 1.48. The van der Waals surface area contributed by atoms with Crippen LogP contribution in [-0.2, 0) is 9.59 Å². The number of carbonyl (C=O) groups is 3. The second kappa shape index (κ2) is 9.77. The number of imide groups is 1. The lowest BCUT2D eigenvalue weighted by Gasteiger charge is -2.29. The highest BCUT2D eigenvalue weighted by atomic mass is 32.2. The standard InChI is InChI=1S/C23H29N3O4S/c1-30-19-15-18(24-10-4-2-5-11-24)9-8-17(19)14-20-22(28)26(23(29)31-20)16-21(27)25-12-6-3-7-13-25/h8-9,14-15H,2-7,10-13,16H2,1H3/b20-14-. The van der Waals surface area contributed by atoms with E-state index in [1.165, 1.54) is 19.3 Å². The minimum Gasteiger partial charge on any atom is -0.496 e. The molecule has 4 rings (SSSR count). The number of likely N-dealkylation sites (tertiary alicyclic amines) is 1. The largest absolute Gasteiger partial charge is 0.496 e.